The lowest BCUT2D eigenvalue weighted by atomic mass is 10.1. The molecule has 6 nitrogen and oxygen atoms in total. The van der Waals surface area contributed by atoms with Crippen LogP contribution in [0.1, 0.15) is 29.6 Å². The summed E-state index contributed by atoms with van der Waals surface area (Å²) >= 11 is 0. The second-order valence-corrected chi connectivity index (χ2v) is 6.96. The molecule has 3 N–H and O–H groups in total. The Bertz CT molecular complexity index is 863. The van der Waals surface area contributed by atoms with Crippen LogP contribution >= 0.6 is 0 Å². The van der Waals surface area contributed by atoms with Gasteiger partial charge >= 0.3 is 0 Å². The zero-order valence-electron chi connectivity index (χ0n) is 15.4. The second-order valence-electron chi connectivity index (χ2n) is 6.96. The van der Waals surface area contributed by atoms with Gasteiger partial charge < -0.3 is 20.5 Å². The molecule has 1 fully saturated rings. The minimum atomic E-state index is -0.0257. The summed E-state index contributed by atoms with van der Waals surface area (Å²) in [5.74, 6) is 0.664. The Morgan fingerprint density at radius 1 is 1.04 bits per heavy atom. The fourth-order valence-corrected chi connectivity index (χ4v) is 3.47. The molecule has 6 heteroatoms. The zero-order valence-corrected chi connectivity index (χ0v) is 15.4. The molecule has 0 atom stereocenters. The molecule has 27 heavy (non-hydrogen) atoms. The summed E-state index contributed by atoms with van der Waals surface area (Å²) in [6.07, 6.45) is 3.87. The molecule has 0 unspecified atom stereocenters. The van der Waals surface area contributed by atoms with Gasteiger partial charge in [-0.3, -0.25) is 4.79 Å². The number of amides is 1. The number of nitrogens with one attached hydrogen (secondary N) is 3. The number of likely N-dealkylation sites (tertiary alicyclic amines) is 1. The maximum Gasteiger partial charge on any atom is 0.251 e. The lowest BCUT2D eigenvalue weighted by Gasteiger charge is -2.26. The first-order valence-corrected chi connectivity index (χ1v) is 9.60. The molecule has 0 aliphatic carbocycles. The fourth-order valence-electron chi connectivity index (χ4n) is 3.47. The molecule has 1 saturated heterocycles. The van der Waals surface area contributed by atoms with E-state index in [4.69, 9.17) is 0 Å². The molecule has 1 aromatic heterocycles. The third-order valence-electron chi connectivity index (χ3n) is 4.96. The number of carbonyl (C=O) groups excluding carboxylic acids is 1. The number of aromatic nitrogens is 2. The summed E-state index contributed by atoms with van der Waals surface area (Å²) in [6.45, 7) is 3.92. The van der Waals surface area contributed by atoms with Crippen molar-refractivity contribution in [2.24, 2.45) is 0 Å². The Morgan fingerprint density at radius 3 is 2.59 bits per heavy atom. The van der Waals surface area contributed by atoms with Crippen molar-refractivity contribution in [3.05, 3.63) is 54.1 Å². The number of H-pyrrole nitrogens is 1. The molecule has 4 rings (SSSR count). The number of hydrogen-bond donors (Lipinski definition) is 3. The van der Waals surface area contributed by atoms with E-state index in [9.17, 15) is 4.79 Å². The van der Waals surface area contributed by atoms with Gasteiger partial charge in [0.05, 0.1) is 11.0 Å². The molecule has 1 aliphatic heterocycles. The lowest BCUT2D eigenvalue weighted by molar-refractivity contribution is 0.0946. The van der Waals surface area contributed by atoms with E-state index in [0.29, 0.717) is 18.1 Å². The normalized spacial score (nSPS) is 15.0. The third-order valence-corrected chi connectivity index (χ3v) is 4.96. The van der Waals surface area contributed by atoms with E-state index in [1.807, 2.05) is 48.5 Å². The quantitative estimate of drug-likeness (QED) is 0.626. The van der Waals surface area contributed by atoms with E-state index in [1.165, 1.54) is 19.3 Å². The van der Waals surface area contributed by atoms with Crippen LogP contribution in [0.2, 0.25) is 0 Å². The van der Waals surface area contributed by atoms with Gasteiger partial charge in [-0.1, -0.05) is 18.6 Å². The Labute approximate surface area is 159 Å². The summed E-state index contributed by atoms with van der Waals surface area (Å²) < 4.78 is 0. The van der Waals surface area contributed by atoms with Crippen LogP contribution in [0.4, 0.5) is 11.6 Å². The molecule has 1 amide bonds. The van der Waals surface area contributed by atoms with Crippen LogP contribution in [0.25, 0.3) is 11.0 Å². The number of aromatic amines is 1. The number of piperidine rings is 1. The molecule has 1 aliphatic rings. The fraction of sp³-hybridized carbons (Fsp3) is 0.333. The molecule has 0 radical (unpaired) electrons. The molecule has 3 aromatic rings. The Hall–Kier alpha value is -2.86. The van der Waals surface area contributed by atoms with E-state index >= 15 is 0 Å². The van der Waals surface area contributed by atoms with Gasteiger partial charge in [-0.25, -0.2) is 4.98 Å². The van der Waals surface area contributed by atoms with Crippen molar-refractivity contribution >= 4 is 28.6 Å². The van der Waals surface area contributed by atoms with Gasteiger partial charge in [0.2, 0.25) is 5.95 Å². The van der Waals surface area contributed by atoms with Gasteiger partial charge in [-0.15, -0.1) is 0 Å². The summed E-state index contributed by atoms with van der Waals surface area (Å²) in [5.41, 5.74) is 3.47. The van der Waals surface area contributed by atoms with Crippen molar-refractivity contribution in [2.45, 2.75) is 19.3 Å². The number of anilines is 2. The molecule has 0 saturated carbocycles. The van der Waals surface area contributed by atoms with E-state index in [2.05, 4.69) is 25.5 Å². The smallest absolute Gasteiger partial charge is 0.251 e. The van der Waals surface area contributed by atoms with Crippen molar-refractivity contribution in [1.82, 2.24) is 20.2 Å². The maximum atomic E-state index is 12.3. The van der Waals surface area contributed by atoms with Crippen LogP contribution in [0.3, 0.4) is 0 Å². The largest absolute Gasteiger partial charge is 0.351 e. The predicted molar refractivity (Wildman–Crippen MR) is 108 cm³/mol. The highest BCUT2D eigenvalue weighted by Crippen LogP contribution is 2.18. The predicted octanol–water partition coefficient (Wildman–Crippen LogP) is 3.52. The average Bonchev–Trinajstić information content (AvgIpc) is 3.11. The first-order valence-electron chi connectivity index (χ1n) is 9.60. The minimum absolute atomic E-state index is 0.0257. The Balaban J connectivity index is 1.30. The van der Waals surface area contributed by atoms with Gasteiger partial charge in [0.15, 0.2) is 0 Å². The molecular formula is C21H25N5O. The summed E-state index contributed by atoms with van der Waals surface area (Å²) in [4.78, 5) is 22.5. The van der Waals surface area contributed by atoms with Crippen LogP contribution in [0.15, 0.2) is 48.5 Å². The zero-order chi connectivity index (χ0) is 18.5. The summed E-state index contributed by atoms with van der Waals surface area (Å²) in [7, 11) is 0. The van der Waals surface area contributed by atoms with Crippen molar-refractivity contribution in [3.63, 3.8) is 0 Å². The van der Waals surface area contributed by atoms with E-state index < -0.39 is 0 Å². The van der Waals surface area contributed by atoms with Crippen molar-refractivity contribution in [2.75, 3.05) is 31.5 Å². The van der Waals surface area contributed by atoms with Gasteiger partial charge in [-0.2, -0.15) is 0 Å². The second kappa shape index (κ2) is 8.22. The average molecular weight is 363 g/mol. The van der Waals surface area contributed by atoms with Crippen LogP contribution < -0.4 is 10.6 Å². The van der Waals surface area contributed by atoms with Crippen LogP contribution in [0.5, 0.6) is 0 Å². The van der Waals surface area contributed by atoms with Crippen LogP contribution in [0, 0.1) is 0 Å². The standard InChI is InChI=1S/C21H25N5O/c27-20(22-12-15-26-13-4-1-5-14-26)16-8-10-17(11-9-16)23-21-24-18-6-2-3-7-19(18)25-21/h2-3,6-11H,1,4-5,12-15H2,(H,22,27)(H2,23,24,25). The van der Waals surface area contributed by atoms with E-state index in [1.54, 1.807) is 0 Å². The number of imidazole rings is 1. The molecule has 2 heterocycles. The van der Waals surface area contributed by atoms with E-state index in [-0.39, 0.29) is 5.91 Å². The number of fused-ring (bicyclic) bond motifs is 1. The number of hydrogen-bond acceptors (Lipinski definition) is 4. The van der Waals surface area contributed by atoms with E-state index in [0.717, 1.165) is 36.4 Å². The van der Waals surface area contributed by atoms with Crippen LogP contribution in [-0.4, -0.2) is 47.0 Å². The highest BCUT2D eigenvalue weighted by atomic mass is 16.1. The van der Waals surface area contributed by atoms with Crippen molar-refractivity contribution < 1.29 is 4.79 Å². The summed E-state index contributed by atoms with van der Waals surface area (Å²) in [5, 5.41) is 6.25. The monoisotopic (exact) mass is 363 g/mol. The van der Waals surface area contributed by atoms with Gasteiger partial charge in [0.25, 0.3) is 5.91 Å². The minimum Gasteiger partial charge on any atom is -0.351 e. The van der Waals surface area contributed by atoms with Gasteiger partial charge in [-0.05, 0) is 62.3 Å². The highest BCUT2D eigenvalue weighted by Gasteiger charge is 2.11. The lowest BCUT2D eigenvalue weighted by Crippen LogP contribution is -2.37. The number of nitrogens with zero attached hydrogens (tertiary/aromatic N) is 2. The molecule has 0 spiro atoms. The van der Waals surface area contributed by atoms with Crippen LogP contribution in [-0.2, 0) is 0 Å². The number of rotatable bonds is 6. The summed E-state index contributed by atoms with van der Waals surface area (Å²) in [6, 6.07) is 15.4. The Morgan fingerprint density at radius 2 is 1.81 bits per heavy atom. The Kier molecular flexibility index (Phi) is 5.34. The van der Waals surface area contributed by atoms with Gasteiger partial charge in [0, 0.05) is 24.3 Å². The van der Waals surface area contributed by atoms with Crippen molar-refractivity contribution in [1.29, 1.82) is 0 Å². The first-order chi connectivity index (χ1) is 13.3. The highest BCUT2D eigenvalue weighted by molar-refractivity contribution is 5.94. The molecular weight excluding hydrogens is 338 g/mol. The SMILES string of the molecule is O=C(NCCN1CCCCC1)c1ccc(Nc2nc3ccccc3[nH]2)cc1. The number of benzene rings is 2. The first kappa shape index (κ1) is 17.5. The van der Waals surface area contributed by atoms with Gasteiger partial charge in [0.1, 0.15) is 0 Å². The number of carbonyl (C=O) groups is 1. The topological polar surface area (TPSA) is 73.1 Å². The maximum absolute atomic E-state index is 12.3. The number of para-hydroxylation sites is 2. The molecule has 140 valence electrons. The molecule has 2 aromatic carbocycles. The molecule has 0 bridgehead atoms. The third kappa shape index (κ3) is 4.46. The van der Waals surface area contributed by atoms with Crippen molar-refractivity contribution in [3.8, 4) is 0 Å².